The minimum atomic E-state index is -4.71. The van der Waals surface area contributed by atoms with Gasteiger partial charge in [0.25, 0.3) is 0 Å². The van der Waals surface area contributed by atoms with Crippen LogP contribution >= 0.6 is 0 Å². The number of benzene rings is 2. The van der Waals surface area contributed by atoms with E-state index in [9.17, 15) is 17.6 Å². The predicted octanol–water partition coefficient (Wildman–Crippen LogP) is 4.87. The number of aromatic nitrogens is 1. The van der Waals surface area contributed by atoms with Gasteiger partial charge in [-0.3, -0.25) is 0 Å². The summed E-state index contributed by atoms with van der Waals surface area (Å²) in [5, 5.41) is 0.821. The summed E-state index contributed by atoms with van der Waals surface area (Å²) >= 11 is 0. The SMILES string of the molecule is Fc1ccc2cc(-c3ccc(OC(F)(F)F)cc3)[nH]c2c1. The van der Waals surface area contributed by atoms with Crippen molar-refractivity contribution in [1.29, 1.82) is 0 Å². The van der Waals surface area contributed by atoms with Crippen LogP contribution < -0.4 is 4.74 Å². The van der Waals surface area contributed by atoms with Crippen LogP contribution in [-0.2, 0) is 0 Å². The number of fused-ring (bicyclic) bond motifs is 1. The second-order valence-electron chi connectivity index (χ2n) is 4.49. The Labute approximate surface area is 117 Å². The first-order chi connectivity index (χ1) is 9.90. The van der Waals surface area contributed by atoms with Gasteiger partial charge in [-0.2, -0.15) is 0 Å². The van der Waals surface area contributed by atoms with Gasteiger partial charge >= 0.3 is 6.36 Å². The highest BCUT2D eigenvalue weighted by Crippen LogP contribution is 2.28. The molecule has 2 nitrogen and oxygen atoms in total. The summed E-state index contributed by atoms with van der Waals surface area (Å²) in [7, 11) is 0. The zero-order valence-electron chi connectivity index (χ0n) is 10.5. The van der Waals surface area contributed by atoms with Crippen molar-refractivity contribution in [3.63, 3.8) is 0 Å². The molecule has 0 bridgehead atoms. The zero-order valence-corrected chi connectivity index (χ0v) is 10.5. The standard InChI is InChI=1S/C15H9F4NO/c16-11-4-1-10-7-13(20-14(10)8-11)9-2-5-12(6-3-9)21-15(17,18)19/h1-8,20H. The fourth-order valence-corrected chi connectivity index (χ4v) is 2.09. The second kappa shape index (κ2) is 4.80. The molecule has 0 aliphatic carbocycles. The number of hydrogen-bond acceptors (Lipinski definition) is 1. The summed E-state index contributed by atoms with van der Waals surface area (Å²) in [6.07, 6.45) is -4.71. The smallest absolute Gasteiger partial charge is 0.406 e. The Morgan fingerprint density at radius 1 is 0.905 bits per heavy atom. The first kappa shape index (κ1) is 13.5. The fourth-order valence-electron chi connectivity index (χ4n) is 2.09. The van der Waals surface area contributed by atoms with Crippen molar-refractivity contribution < 1.29 is 22.3 Å². The maximum atomic E-state index is 13.1. The largest absolute Gasteiger partial charge is 0.573 e. The molecule has 108 valence electrons. The van der Waals surface area contributed by atoms with E-state index in [1.165, 1.54) is 36.4 Å². The molecule has 0 atom stereocenters. The third kappa shape index (κ3) is 2.99. The summed E-state index contributed by atoms with van der Waals surface area (Å²) in [6, 6.07) is 11.6. The summed E-state index contributed by atoms with van der Waals surface area (Å²) in [5.41, 5.74) is 2.00. The average Bonchev–Trinajstić information content (AvgIpc) is 2.80. The molecule has 0 amide bonds. The number of halogens is 4. The van der Waals surface area contributed by atoms with Crippen molar-refractivity contribution in [2.75, 3.05) is 0 Å². The van der Waals surface area contributed by atoms with Crippen LogP contribution in [0.4, 0.5) is 17.6 Å². The molecule has 1 N–H and O–H groups in total. The van der Waals surface area contributed by atoms with E-state index < -0.39 is 6.36 Å². The van der Waals surface area contributed by atoms with E-state index in [4.69, 9.17) is 0 Å². The van der Waals surface area contributed by atoms with Gasteiger partial charge in [0.2, 0.25) is 0 Å². The number of nitrogens with one attached hydrogen (secondary N) is 1. The molecule has 0 radical (unpaired) electrons. The second-order valence-corrected chi connectivity index (χ2v) is 4.49. The lowest BCUT2D eigenvalue weighted by Crippen LogP contribution is -2.16. The molecule has 0 fully saturated rings. The third-order valence-electron chi connectivity index (χ3n) is 2.98. The molecule has 0 spiro atoms. The van der Waals surface area contributed by atoms with Crippen LogP contribution in [0.5, 0.6) is 5.75 Å². The Hall–Kier alpha value is -2.50. The van der Waals surface area contributed by atoms with Crippen LogP contribution in [0.3, 0.4) is 0 Å². The molecular weight excluding hydrogens is 286 g/mol. The first-order valence-electron chi connectivity index (χ1n) is 6.05. The Balaban J connectivity index is 1.91. The topological polar surface area (TPSA) is 25.0 Å². The highest BCUT2D eigenvalue weighted by molar-refractivity contribution is 5.85. The molecule has 1 aromatic heterocycles. The predicted molar refractivity (Wildman–Crippen MR) is 70.4 cm³/mol. The maximum absolute atomic E-state index is 13.1. The van der Waals surface area contributed by atoms with Crippen molar-refractivity contribution in [1.82, 2.24) is 4.98 Å². The Kier molecular flexibility index (Phi) is 3.08. The van der Waals surface area contributed by atoms with Crippen molar-refractivity contribution in [2.45, 2.75) is 6.36 Å². The number of rotatable bonds is 2. The highest BCUT2D eigenvalue weighted by atomic mass is 19.4. The molecular formula is C15H9F4NO. The minimum Gasteiger partial charge on any atom is -0.406 e. The molecule has 0 saturated carbocycles. The quantitative estimate of drug-likeness (QED) is 0.670. The summed E-state index contributed by atoms with van der Waals surface area (Å²) < 4.78 is 53.2. The fraction of sp³-hybridized carbons (Fsp3) is 0.0667. The summed E-state index contributed by atoms with van der Waals surface area (Å²) in [4.78, 5) is 3.02. The van der Waals surface area contributed by atoms with E-state index in [1.807, 2.05) is 0 Å². The molecule has 3 rings (SSSR count). The van der Waals surface area contributed by atoms with Gasteiger partial charge in [-0.25, -0.2) is 4.39 Å². The molecule has 0 unspecified atom stereocenters. The lowest BCUT2D eigenvalue weighted by Gasteiger charge is -2.08. The molecule has 0 aliphatic rings. The van der Waals surface area contributed by atoms with E-state index >= 15 is 0 Å². The zero-order chi connectivity index (χ0) is 15.0. The van der Waals surface area contributed by atoms with Crippen LogP contribution in [0, 0.1) is 5.82 Å². The molecule has 0 saturated heterocycles. The Bertz CT molecular complexity index is 774. The number of alkyl halides is 3. The van der Waals surface area contributed by atoms with Crippen LogP contribution in [0.25, 0.3) is 22.2 Å². The number of hydrogen-bond donors (Lipinski definition) is 1. The van der Waals surface area contributed by atoms with Gasteiger partial charge in [-0.1, -0.05) is 0 Å². The summed E-state index contributed by atoms with van der Waals surface area (Å²) in [5.74, 6) is -0.641. The monoisotopic (exact) mass is 295 g/mol. The normalized spacial score (nSPS) is 11.8. The van der Waals surface area contributed by atoms with E-state index in [2.05, 4.69) is 9.72 Å². The number of ether oxygens (including phenoxy) is 1. The Morgan fingerprint density at radius 3 is 2.29 bits per heavy atom. The number of H-pyrrole nitrogens is 1. The number of aromatic amines is 1. The van der Waals surface area contributed by atoms with Crippen LogP contribution in [0.1, 0.15) is 0 Å². The van der Waals surface area contributed by atoms with Gasteiger partial charge in [0.15, 0.2) is 0 Å². The average molecular weight is 295 g/mol. The van der Waals surface area contributed by atoms with Gasteiger partial charge in [0.05, 0.1) is 0 Å². The molecule has 3 aromatic rings. The first-order valence-corrected chi connectivity index (χ1v) is 6.05. The van der Waals surface area contributed by atoms with Crippen molar-refractivity contribution in [2.24, 2.45) is 0 Å². The van der Waals surface area contributed by atoms with Crippen molar-refractivity contribution in [3.05, 3.63) is 54.3 Å². The van der Waals surface area contributed by atoms with Crippen molar-refractivity contribution >= 4 is 10.9 Å². The van der Waals surface area contributed by atoms with E-state index in [1.54, 1.807) is 12.1 Å². The molecule has 2 aromatic carbocycles. The van der Waals surface area contributed by atoms with Crippen LogP contribution in [-0.4, -0.2) is 11.3 Å². The van der Waals surface area contributed by atoms with E-state index in [-0.39, 0.29) is 11.6 Å². The third-order valence-corrected chi connectivity index (χ3v) is 2.98. The highest BCUT2D eigenvalue weighted by Gasteiger charge is 2.30. The molecule has 1 heterocycles. The Morgan fingerprint density at radius 2 is 1.62 bits per heavy atom. The molecule has 21 heavy (non-hydrogen) atoms. The van der Waals surface area contributed by atoms with Crippen molar-refractivity contribution in [3.8, 4) is 17.0 Å². The van der Waals surface area contributed by atoms with Gasteiger partial charge in [0, 0.05) is 16.6 Å². The lowest BCUT2D eigenvalue weighted by atomic mass is 10.1. The van der Waals surface area contributed by atoms with E-state index in [0.29, 0.717) is 16.8 Å². The van der Waals surface area contributed by atoms with Gasteiger partial charge in [-0.05, 0) is 54.1 Å². The lowest BCUT2D eigenvalue weighted by molar-refractivity contribution is -0.274. The van der Waals surface area contributed by atoms with Gasteiger partial charge < -0.3 is 9.72 Å². The molecule has 0 aliphatic heterocycles. The summed E-state index contributed by atoms with van der Waals surface area (Å²) in [6.45, 7) is 0. The van der Waals surface area contributed by atoms with Gasteiger partial charge in [0.1, 0.15) is 11.6 Å². The maximum Gasteiger partial charge on any atom is 0.573 e. The molecule has 6 heteroatoms. The van der Waals surface area contributed by atoms with Crippen LogP contribution in [0.15, 0.2) is 48.5 Å². The van der Waals surface area contributed by atoms with Gasteiger partial charge in [-0.15, -0.1) is 13.2 Å². The van der Waals surface area contributed by atoms with Crippen LogP contribution in [0.2, 0.25) is 0 Å². The minimum absolute atomic E-state index is 0.284. The van der Waals surface area contributed by atoms with E-state index in [0.717, 1.165) is 5.39 Å².